The summed E-state index contributed by atoms with van der Waals surface area (Å²) in [6.45, 7) is 0. The fraction of sp³-hybridized carbons (Fsp3) is 0.0833. The van der Waals surface area contributed by atoms with E-state index in [1.807, 2.05) is 74.7 Å². The maximum atomic E-state index is 4.83. The summed E-state index contributed by atoms with van der Waals surface area (Å²) < 4.78 is 3.76. The Hall–Kier alpha value is -4.66. The third kappa shape index (κ3) is 2.79. The van der Waals surface area contributed by atoms with Gasteiger partial charge in [-0.05, 0) is 24.3 Å². The van der Waals surface area contributed by atoms with Gasteiger partial charge in [-0.15, -0.1) is 0 Å². The minimum atomic E-state index is 0.0252. The van der Waals surface area contributed by atoms with Gasteiger partial charge in [0.05, 0.1) is 40.5 Å². The maximum absolute atomic E-state index is 4.83. The van der Waals surface area contributed by atoms with Crippen LogP contribution in [0.25, 0.3) is 34.0 Å². The standard InChI is InChI=1S/C24H17N9/c1-4-10-19-16(7-1)25-13-31(19)22-28-23(32-14-26-17-8-2-5-11-20(17)32)30-24(29-22)33-15-27-18-9-3-6-12-21(18)33/h1-16,19H. The second-order valence-corrected chi connectivity index (χ2v) is 7.86. The van der Waals surface area contributed by atoms with E-state index in [4.69, 9.17) is 15.0 Å². The first kappa shape index (κ1) is 18.0. The third-order valence-corrected chi connectivity index (χ3v) is 5.93. The normalized spacial score (nSPS) is 19.1. The molecule has 33 heavy (non-hydrogen) atoms. The van der Waals surface area contributed by atoms with Crippen LogP contribution in [0.1, 0.15) is 0 Å². The van der Waals surface area contributed by atoms with Gasteiger partial charge in [0.25, 0.3) is 0 Å². The Balaban J connectivity index is 1.45. The Morgan fingerprint density at radius 2 is 1.21 bits per heavy atom. The summed E-state index contributed by atoms with van der Waals surface area (Å²) in [7, 11) is 0. The second-order valence-electron chi connectivity index (χ2n) is 7.86. The molecule has 3 aromatic heterocycles. The van der Waals surface area contributed by atoms with Crippen molar-refractivity contribution in [2.45, 2.75) is 12.1 Å². The van der Waals surface area contributed by atoms with E-state index in [-0.39, 0.29) is 12.1 Å². The summed E-state index contributed by atoms with van der Waals surface area (Å²) in [6.07, 6.45) is 13.5. The lowest BCUT2D eigenvalue weighted by molar-refractivity contribution is 0.719. The first-order valence-electron chi connectivity index (χ1n) is 10.6. The van der Waals surface area contributed by atoms with Crippen molar-refractivity contribution < 1.29 is 0 Å². The zero-order chi connectivity index (χ0) is 21.8. The molecule has 1 aliphatic carbocycles. The number of hydrogen-bond acceptors (Lipinski definition) is 7. The average Bonchev–Trinajstić information content (AvgIpc) is 3.60. The highest BCUT2D eigenvalue weighted by molar-refractivity contribution is 5.82. The van der Waals surface area contributed by atoms with Crippen LogP contribution in [0.2, 0.25) is 0 Å². The van der Waals surface area contributed by atoms with Crippen LogP contribution >= 0.6 is 0 Å². The van der Waals surface area contributed by atoms with Crippen LogP contribution in [0.3, 0.4) is 0 Å². The lowest BCUT2D eigenvalue weighted by Gasteiger charge is -2.24. The molecule has 1 aliphatic heterocycles. The first-order valence-corrected chi connectivity index (χ1v) is 10.6. The topological polar surface area (TPSA) is 89.9 Å². The minimum absolute atomic E-state index is 0.0252. The molecule has 9 heteroatoms. The van der Waals surface area contributed by atoms with Gasteiger partial charge in [0.2, 0.25) is 17.8 Å². The average molecular weight is 431 g/mol. The van der Waals surface area contributed by atoms with Crippen LogP contribution in [0.15, 0.2) is 90.5 Å². The van der Waals surface area contributed by atoms with Crippen LogP contribution in [0.4, 0.5) is 5.95 Å². The van der Waals surface area contributed by atoms with E-state index in [1.165, 1.54) is 0 Å². The molecule has 4 heterocycles. The molecule has 0 bridgehead atoms. The van der Waals surface area contributed by atoms with Gasteiger partial charge < -0.3 is 0 Å². The number of para-hydroxylation sites is 4. The zero-order valence-corrected chi connectivity index (χ0v) is 17.3. The Kier molecular flexibility index (Phi) is 3.77. The highest BCUT2D eigenvalue weighted by Crippen LogP contribution is 2.26. The van der Waals surface area contributed by atoms with Crippen molar-refractivity contribution in [3.8, 4) is 11.9 Å². The maximum Gasteiger partial charge on any atom is 0.242 e. The molecule has 0 amide bonds. The predicted octanol–water partition coefficient (Wildman–Crippen LogP) is 3.26. The second kappa shape index (κ2) is 6.92. The predicted molar refractivity (Wildman–Crippen MR) is 126 cm³/mol. The molecule has 2 aliphatic rings. The Labute approximate surface area is 188 Å². The fourth-order valence-corrected chi connectivity index (χ4v) is 4.30. The molecule has 0 spiro atoms. The van der Waals surface area contributed by atoms with Gasteiger partial charge >= 0.3 is 0 Å². The zero-order valence-electron chi connectivity index (χ0n) is 17.3. The largest absolute Gasteiger partial charge is 0.292 e. The summed E-state index contributed by atoms with van der Waals surface area (Å²) in [5.74, 6) is 1.48. The molecule has 9 nitrogen and oxygen atoms in total. The van der Waals surface area contributed by atoms with Crippen molar-refractivity contribution in [2.75, 3.05) is 4.90 Å². The number of aromatic nitrogens is 7. The van der Waals surface area contributed by atoms with E-state index >= 15 is 0 Å². The molecule has 0 N–H and O–H groups in total. The van der Waals surface area contributed by atoms with E-state index in [0.29, 0.717) is 17.8 Å². The molecule has 0 saturated heterocycles. The molecule has 2 atom stereocenters. The molecule has 7 rings (SSSR count). The molecular weight excluding hydrogens is 414 g/mol. The summed E-state index contributed by atoms with van der Waals surface area (Å²) in [4.78, 5) is 30.1. The molecule has 0 fully saturated rings. The lowest BCUT2D eigenvalue weighted by atomic mass is 10.0. The molecule has 2 unspecified atom stereocenters. The first-order chi connectivity index (χ1) is 16.3. The molecule has 158 valence electrons. The van der Waals surface area contributed by atoms with Gasteiger partial charge in [0.15, 0.2) is 0 Å². The minimum Gasteiger partial charge on any atom is -0.292 e. The number of nitrogens with zero attached hydrogens (tertiary/aromatic N) is 9. The number of allylic oxidation sites excluding steroid dienone is 2. The van der Waals surface area contributed by atoms with Crippen molar-refractivity contribution in [2.24, 2.45) is 4.99 Å². The number of rotatable bonds is 3. The quantitative estimate of drug-likeness (QED) is 0.436. The number of anilines is 1. The summed E-state index contributed by atoms with van der Waals surface area (Å²) in [6, 6.07) is 15.9. The summed E-state index contributed by atoms with van der Waals surface area (Å²) in [5, 5.41) is 0. The van der Waals surface area contributed by atoms with Gasteiger partial charge in [0.1, 0.15) is 12.7 Å². The Morgan fingerprint density at radius 1 is 0.636 bits per heavy atom. The van der Waals surface area contributed by atoms with E-state index in [1.54, 1.807) is 19.0 Å². The molecule has 0 saturated carbocycles. The number of benzene rings is 2. The van der Waals surface area contributed by atoms with Crippen molar-refractivity contribution in [1.82, 2.24) is 34.1 Å². The van der Waals surface area contributed by atoms with Crippen LogP contribution in [-0.2, 0) is 0 Å². The van der Waals surface area contributed by atoms with Gasteiger partial charge in [-0.1, -0.05) is 48.6 Å². The molecule has 5 aromatic rings. The molecular formula is C24H17N9. The van der Waals surface area contributed by atoms with E-state index in [2.05, 4.69) is 27.1 Å². The smallest absolute Gasteiger partial charge is 0.242 e. The van der Waals surface area contributed by atoms with Crippen molar-refractivity contribution in [3.05, 3.63) is 85.5 Å². The number of hydrogen-bond donors (Lipinski definition) is 0. The Bertz CT molecular complexity index is 1510. The van der Waals surface area contributed by atoms with E-state index in [9.17, 15) is 0 Å². The molecule has 2 aromatic carbocycles. The lowest BCUT2D eigenvalue weighted by Crippen LogP contribution is -2.36. The van der Waals surface area contributed by atoms with Gasteiger partial charge in [0, 0.05) is 0 Å². The van der Waals surface area contributed by atoms with Gasteiger partial charge in [-0.25, -0.2) is 9.97 Å². The highest BCUT2D eigenvalue weighted by Gasteiger charge is 2.31. The highest BCUT2D eigenvalue weighted by atomic mass is 15.4. The van der Waals surface area contributed by atoms with Gasteiger partial charge in [-0.2, -0.15) is 15.0 Å². The molecule has 0 radical (unpaired) electrons. The number of fused-ring (bicyclic) bond motifs is 3. The van der Waals surface area contributed by atoms with Gasteiger partial charge in [-0.3, -0.25) is 19.0 Å². The number of aliphatic imine (C=N–C) groups is 1. The van der Waals surface area contributed by atoms with Crippen LogP contribution < -0.4 is 4.90 Å². The van der Waals surface area contributed by atoms with Crippen LogP contribution in [-0.4, -0.2) is 52.5 Å². The van der Waals surface area contributed by atoms with Crippen LogP contribution in [0.5, 0.6) is 0 Å². The van der Waals surface area contributed by atoms with E-state index < -0.39 is 0 Å². The third-order valence-electron chi connectivity index (χ3n) is 5.93. The summed E-state index contributed by atoms with van der Waals surface area (Å²) >= 11 is 0. The Morgan fingerprint density at radius 3 is 1.88 bits per heavy atom. The van der Waals surface area contributed by atoms with Crippen LogP contribution in [0, 0.1) is 0 Å². The fourth-order valence-electron chi connectivity index (χ4n) is 4.30. The van der Waals surface area contributed by atoms with Crippen molar-refractivity contribution in [3.63, 3.8) is 0 Å². The SMILES string of the molecule is C1=CC2N=CN(c3nc(-n4cnc5ccccc54)nc(-n4cnc5ccccc54)n3)C2C=C1. The van der Waals surface area contributed by atoms with Crippen molar-refractivity contribution >= 4 is 34.4 Å². The number of imidazole rings is 2. The monoisotopic (exact) mass is 431 g/mol. The summed E-state index contributed by atoms with van der Waals surface area (Å²) in [5.41, 5.74) is 3.59. The van der Waals surface area contributed by atoms with Crippen molar-refractivity contribution in [1.29, 1.82) is 0 Å². The van der Waals surface area contributed by atoms with E-state index in [0.717, 1.165) is 22.1 Å².